The highest BCUT2D eigenvalue weighted by Gasteiger charge is 2.18. The summed E-state index contributed by atoms with van der Waals surface area (Å²) in [7, 11) is 1.45. The van der Waals surface area contributed by atoms with Gasteiger partial charge in [0.2, 0.25) is 0 Å². The number of methoxy groups -OCH3 is 1. The predicted molar refractivity (Wildman–Crippen MR) is 46.4 cm³/mol. The summed E-state index contributed by atoms with van der Waals surface area (Å²) in [6, 6.07) is 0. The van der Waals surface area contributed by atoms with Crippen LogP contribution in [0.25, 0.3) is 0 Å². The van der Waals surface area contributed by atoms with Gasteiger partial charge in [0.15, 0.2) is 0 Å². The molecule has 0 aromatic heterocycles. The minimum absolute atomic E-state index is 0.0706. The van der Waals surface area contributed by atoms with E-state index in [0.717, 1.165) is 32.1 Å². The van der Waals surface area contributed by atoms with E-state index in [2.05, 4.69) is 11.8 Å². The van der Waals surface area contributed by atoms with Crippen LogP contribution in [0.1, 0.15) is 32.1 Å². The number of esters is 1. The summed E-state index contributed by atoms with van der Waals surface area (Å²) in [4.78, 5) is 11.2. The SMILES string of the molecule is COC(=O)C1CCC#CCCC1. The summed E-state index contributed by atoms with van der Waals surface area (Å²) in [5.41, 5.74) is 0. The largest absolute Gasteiger partial charge is 0.469 e. The van der Waals surface area contributed by atoms with Crippen LogP contribution in [0.4, 0.5) is 0 Å². The topological polar surface area (TPSA) is 26.3 Å². The standard InChI is InChI=1S/C10H14O2/c1-12-10(11)9-7-5-3-2-4-6-8-9/h9H,3,5-8H2,1H3. The molecule has 0 amide bonds. The first-order chi connectivity index (χ1) is 5.84. The molecule has 0 bridgehead atoms. The van der Waals surface area contributed by atoms with Crippen molar-refractivity contribution in [3.8, 4) is 11.8 Å². The van der Waals surface area contributed by atoms with Gasteiger partial charge in [0.25, 0.3) is 0 Å². The Hall–Kier alpha value is -0.970. The second-order valence-corrected chi connectivity index (χ2v) is 3.00. The lowest BCUT2D eigenvalue weighted by Crippen LogP contribution is -2.16. The molecule has 66 valence electrons. The smallest absolute Gasteiger partial charge is 0.308 e. The van der Waals surface area contributed by atoms with Crippen LogP contribution in [0.5, 0.6) is 0 Å². The number of ether oxygens (including phenoxy) is 1. The summed E-state index contributed by atoms with van der Waals surface area (Å²) in [6.45, 7) is 0. The van der Waals surface area contributed by atoms with Gasteiger partial charge >= 0.3 is 5.97 Å². The molecule has 0 fully saturated rings. The van der Waals surface area contributed by atoms with Crippen molar-refractivity contribution in [2.45, 2.75) is 32.1 Å². The first-order valence-corrected chi connectivity index (χ1v) is 4.38. The van der Waals surface area contributed by atoms with Crippen LogP contribution in [0, 0.1) is 17.8 Å². The number of hydrogen-bond acceptors (Lipinski definition) is 2. The fourth-order valence-electron chi connectivity index (χ4n) is 1.41. The predicted octanol–water partition coefficient (Wildman–Crippen LogP) is 1.74. The lowest BCUT2D eigenvalue weighted by atomic mass is 9.95. The van der Waals surface area contributed by atoms with Gasteiger partial charge in [-0.1, -0.05) is 0 Å². The molecule has 0 saturated heterocycles. The van der Waals surface area contributed by atoms with E-state index in [9.17, 15) is 4.79 Å². The number of carbonyl (C=O) groups is 1. The maximum absolute atomic E-state index is 11.2. The Morgan fingerprint density at radius 3 is 2.83 bits per heavy atom. The maximum Gasteiger partial charge on any atom is 0.308 e. The van der Waals surface area contributed by atoms with E-state index in [0.29, 0.717) is 0 Å². The van der Waals surface area contributed by atoms with Gasteiger partial charge in [-0.2, -0.15) is 0 Å². The van der Waals surface area contributed by atoms with Gasteiger partial charge in [-0.3, -0.25) is 4.79 Å². The molecule has 0 aromatic rings. The van der Waals surface area contributed by atoms with E-state index in [4.69, 9.17) is 4.74 Å². The molecular formula is C10H14O2. The zero-order valence-electron chi connectivity index (χ0n) is 7.43. The van der Waals surface area contributed by atoms with Crippen molar-refractivity contribution in [3.05, 3.63) is 0 Å². The average molecular weight is 166 g/mol. The second kappa shape index (κ2) is 4.82. The normalized spacial score (nSPS) is 22.9. The van der Waals surface area contributed by atoms with Gasteiger partial charge in [0.1, 0.15) is 0 Å². The van der Waals surface area contributed by atoms with Crippen molar-refractivity contribution in [3.63, 3.8) is 0 Å². The van der Waals surface area contributed by atoms with Crippen molar-refractivity contribution in [1.82, 2.24) is 0 Å². The van der Waals surface area contributed by atoms with E-state index in [1.807, 2.05) is 0 Å². The van der Waals surface area contributed by atoms with Crippen LogP contribution < -0.4 is 0 Å². The quantitative estimate of drug-likeness (QED) is 0.438. The molecule has 1 aliphatic carbocycles. The third-order valence-electron chi connectivity index (χ3n) is 2.13. The highest BCUT2D eigenvalue weighted by molar-refractivity contribution is 5.72. The van der Waals surface area contributed by atoms with Crippen molar-refractivity contribution < 1.29 is 9.53 Å². The Balaban J connectivity index is 2.45. The van der Waals surface area contributed by atoms with E-state index >= 15 is 0 Å². The molecule has 12 heavy (non-hydrogen) atoms. The Labute approximate surface area is 73.3 Å². The number of hydrogen-bond donors (Lipinski definition) is 0. The average Bonchev–Trinajstić information content (AvgIpc) is 2.02. The number of carbonyl (C=O) groups excluding carboxylic acids is 1. The molecule has 0 aromatic carbocycles. The molecule has 0 radical (unpaired) electrons. The molecule has 2 heteroatoms. The van der Waals surface area contributed by atoms with E-state index in [1.54, 1.807) is 0 Å². The monoisotopic (exact) mass is 166 g/mol. The van der Waals surface area contributed by atoms with E-state index in [-0.39, 0.29) is 11.9 Å². The van der Waals surface area contributed by atoms with Gasteiger partial charge in [-0.25, -0.2) is 0 Å². The minimum atomic E-state index is -0.0706. The van der Waals surface area contributed by atoms with Crippen molar-refractivity contribution in [2.75, 3.05) is 7.11 Å². The lowest BCUT2D eigenvalue weighted by molar-refractivity contribution is -0.145. The fraction of sp³-hybridized carbons (Fsp3) is 0.700. The van der Waals surface area contributed by atoms with Crippen LogP contribution >= 0.6 is 0 Å². The van der Waals surface area contributed by atoms with Crippen molar-refractivity contribution in [1.29, 1.82) is 0 Å². The zero-order chi connectivity index (χ0) is 8.81. The van der Waals surface area contributed by atoms with Crippen LogP contribution in [-0.2, 0) is 9.53 Å². The summed E-state index contributed by atoms with van der Waals surface area (Å²) in [5, 5.41) is 0. The van der Waals surface area contributed by atoms with Gasteiger partial charge in [-0.05, 0) is 19.3 Å². The van der Waals surface area contributed by atoms with Gasteiger partial charge in [-0.15, -0.1) is 11.8 Å². The van der Waals surface area contributed by atoms with Gasteiger partial charge in [0.05, 0.1) is 13.0 Å². The number of rotatable bonds is 1. The third-order valence-corrected chi connectivity index (χ3v) is 2.13. The molecule has 2 nitrogen and oxygen atoms in total. The minimum Gasteiger partial charge on any atom is -0.469 e. The van der Waals surface area contributed by atoms with Crippen molar-refractivity contribution >= 4 is 5.97 Å². The molecule has 0 N–H and O–H groups in total. The van der Waals surface area contributed by atoms with Crippen molar-refractivity contribution in [2.24, 2.45) is 5.92 Å². The first kappa shape index (κ1) is 9.12. The van der Waals surface area contributed by atoms with Gasteiger partial charge < -0.3 is 4.74 Å². The first-order valence-electron chi connectivity index (χ1n) is 4.38. The second-order valence-electron chi connectivity index (χ2n) is 3.00. The van der Waals surface area contributed by atoms with Gasteiger partial charge in [0, 0.05) is 12.8 Å². The molecule has 1 atom stereocenters. The molecule has 0 aliphatic heterocycles. The molecular weight excluding hydrogens is 152 g/mol. The van der Waals surface area contributed by atoms with Crippen LogP contribution in [0.3, 0.4) is 0 Å². The Bertz CT molecular complexity index is 210. The molecule has 0 saturated carbocycles. The zero-order valence-corrected chi connectivity index (χ0v) is 7.43. The third kappa shape index (κ3) is 2.58. The van der Waals surface area contributed by atoms with E-state index in [1.165, 1.54) is 7.11 Å². The summed E-state index contributed by atoms with van der Waals surface area (Å²) >= 11 is 0. The molecule has 1 unspecified atom stereocenters. The molecule has 0 spiro atoms. The summed E-state index contributed by atoms with van der Waals surface area (Å²) in [5.74, 6) is 6.12. The Morgan fingerprint density at radius 1 is 1.33 bits per heavy atom. The Morgan fingerprint density at radius 2 is 2.08 bits per heavy atom. The maximum atomic E-state index is 11.2. The van der Waals surface area contributed by atoms with Crippen LogP contribution in [-0.4, -0.2) is 13.1 Å². The Kier molecular flexibility index (Phi) is 3.66. The molecule has 1 rings (SSSR count). The highest BCUT2D eigenvalue weighted by Crippen LogP contribution is 2.17. The lowest BCUT2D eigenvalue weighted by Gasteiger charge is -2.13. The highest BCUT2D eigenvalue weighted by atomic mass is 16.5. The molecule has 0 heterocycles. The van der Waals surface area contributed by atoms with Crippen LogP contribution in [0.15, 0.2) is 0 Å². The van der Waals surface area contributed by atoms with Crippen LogP contribution in [0.2, 0.25) is 0 Å². The summed E-state index contributed by atoms with van der Waals surface area (Å²) in [6.07, 6.45) is 4.57. The van der Waals surface area contributed by atoms with E-state index < -0.39 is 0 Å². The molecule has 1 aliphatic rings. The fourth-order valence-corrected chi connectivity index (χ4v) is 1.41. The summed E-state index contributed by atoms with van der Waals surface area (Å²) < 4.78 is 4.70.